The summed E-state index contributed by atoms with van der Waals surface area (Å²) in [5.41, 5.74) is 3.07. The van der Waals surface area contributed by atoms with Crippen molar-refractivity contribution < 1.29 is 14.3 Å². The Labute approximate surface area is 175 Å². The van der Waals surface area contributed by atoms with E-state index >= 15 is 0 Å². The highest BCUT2D eigenvalue weighted by atomic mass is 35.5. The predicted octanol–water partition coefficient (Wildman–Crippen LogP) is 3.57. The van der Waals surface area contributed by atoms with Gasteiger partial charge in [-0.1, -0.05) is 11.6 Å². The topological polar surface area (TPSA) is 82.7 Å². The highest BCUT2D eigenvalue weighted by molar-refractivity contribution is 6.34. The molecule has 3 rings (SSSR count). The van der Waals surface area contributed by atoms with Crippen LogP contribution in [-0.4, -0.2) is 44.2 Å². The lowest BCUT2D eigenvalue weighted by Crippen LogP contribution is -2.36. The van der Waals surface area contributed by atoms with Crippen molar-refractivity contribution in [3.05, 3.63) is 47.5 Å². The average Bonchev–Trinajstić information content (AvgIpc) is 2.71. The molecule has 1 aliphatic rings. The lowest BCUT2D eigenvalue weighted by Gasteiger charge is -2.29. The van der Waals surface area contributed by atoms with Crippen LogP contribution in [0.1, 0.15) is 13.8 Å². The Kier molecular flexibility index (Phi) is 6.95. The Morgan fingerprint density at radius 3 is 2.31 bits per heavy atom. The van der Waals surface area contributed by atoms with Crippen LogP contribution in [0.15, 0.2) is 42.5 Å². The van der Waals surface area contributed by atoms with Crippen LogP contribution in [0.5, 0.6) is 0 Å². The number of morpholine rings is 1. The number of benzene rings is 2. The SMILES string of the molecule is CC(=O)Nc1ccc(N[C@@H](C)C(=O)Nc2ccc(N3CCOCC3)cc2)cc1Cl. The number of halogens is 1. The molecule has 0 radical (unpaired) electrons. The molecular formula is C21H25ClN4O3. The standard InChI is InChI=1S/C21H25ClN4O3/c1-14(23-17-5-8-20(19(22)13-17)24-15(2)27)21(28)25-16-3-6-18(7-4-16)26-9-11-29-12-10-26/h3-8,13-14,23H,9-12H2,1-2H3,(H,24,27)(H,25,28)/t14-/m0/s1. The number of hydrogen-bond acceptors (Lipinski definition) is 5. The molecule has 1 atom stereocenters. The minimum absolute atomic E-state index is 0.161. The van der Waals surface area contributed by atoms with E-state index in [1.807, 2.05) is 24.3 Å². The second-order valence-corrected chi connectivity index (χ2v) is 7.28. The number of rotatable bonds is 6. The molecule has 0 aromatic heterocycles. The number of amides is 2. The lowest BCUT2D eigenvalue weighted by molar-refractivity contribution is -0.116. The lowest BCUT2D eigenvalue weighted by atomic mass is 10.2. The second-order valence-electron chi connectivity index (χ2n) is 6.88. The highest BCUT2D eigenvalue weighted by Crippen LogP contribution is 2.26. The number of ether oxygens (including phenoxy) is 1. The molecule has 29 heavy (non-hydrogen) atoms. The maximum absolute atomic E-state index is 12.5. The Hall–Kier alpha value is -2.77. The van der Waals surface area contributed by atoms with Crippen LogP contribution in [0.25, 0.3) is 0 Å². The summed E-state index contributed by atoms with van der Waals surface area (Å²) in [5.74, 6) is -0.355. The summed E-state index contributed by atoms with van der Waals surface area (Å²) in [6.45, 7) is 6.40. The largest absolute Gasteiger partial charge is 0.378 e. The first-order chi connectivity index (χ1) is 13.9. The predicted molar refractivity (Wildman–Crippen MR) is 117 cm³/mol. The summed E-state index contributed by atoms with van der Waals surface area (Å²) >= 11 is 6.18. The smallest absolute Gasteiger partial charge is 0.246 e. The fourth-order valence-corrected chi connectivity index (χ4v) is 3.27. The van der Waals surface area contributed by atoms with Crippen LogP contribution in [0.4, 0.5) is 22.7 Å². The van der Waals surface area contributed by atoms with Crippen LogP contribution < -0.4 is 20.9 Å². The molecule has 2 amide bonds. The number of nitrogens with one attached hydrogen (secondary N) is 3. The Morgan fingerprint density at radius 1 is 1.03 bits per heavy atom. The number of carbonyl (C=O) groups is 2. The van der Waals surface area contributed by atoms with Gasteiger partial charge in [0, 0.05) is 37.1 Å². The van der Waals surface area contributed by atoms with E-state index in [1.165, 1.54) is 6.92 Å². The number of carbonyl (C=O) groups excluding carboxylic acids is 2. The molecule has 8 heteroatoms. The van der Waals surface area contributed by atoms with Crippen LogP contribution in [0.2, 0.25) is 5.02 Å². The molecule has 1 aliphatic heterocycles. The van der Waals surface area contributed by atoms with Crippen molar-refractivity contribution in [2.75, 3.05) is 47.2 Å². The van der Waals surface area contributed by atoms with Gasteiger partial charge in [-0.2, -0.15) is 0 Å². The molecule has 1 fully saturated rings. The first kappa shape index (κ1) is 21.0. The number of anilines is 4. The summed E-state index contributed by atoms with van der Waals surface area (Å²) in [4.78, 5) is 25.9. The van der Waals surface area contributed by atoms with E-state index in [2.05, 4.69) is 20.9 Å². The van der Waals surface area contributed by atoms with Gasteiger partial charge in [0.1, 0.15) is 6.04 Å². The van der Waals surface area contributed by atoms with Crippen molar-refractivity contribution in [3.8, 4) is 0 Å². The van der Waals surface area contributed by atoms with Crippen LogP contribution in [0, 0.1) is 0 Å². The molecule has 2 aromatic rings. The number of nitrogens with zero attached hydrogens (tertiary/aromatic N) is 1. The van der Waals surface area contributed by atoms with Gasteiger partial charge in [0.15, 0.2) is 0 Å². The van der Waals surface area contributed by atoms with Gasteiger partial charge >= 0.3 is 0 Å². The molecular weight excluding hydrogens is 392 g/mol. The van der Waals surface area contributed by atoms with E-state index in [0.717, 1.165) is 37.7 Å². The molecule has 0 aliphatic carbocycles. The second kappa shape index (κ2) is 9.62. The quantitative estimate of drug-likeness (QED) is 0.670. The van der Waals surface area contributed by atoms with Crippen molar-refractivity contribution in [1.82, 2.24) is 0 Å². The third-order valence-electron chi connectivity index (χ3n) is 4.57. The Bertz CT molecular complexity index is 867. The van der Waals surface area contributed by atoms with E-state index < -0.39 is 6.04 Å². The average molecular weight is 417 g/mol. The molecule has 0 unspecified atom stereocenters. The van der Waals surface area contributed by atoms with E-state index in [1.54, 1.807) is 25.1 Å². The minimum Gasteiger partial charge on any atom is -0.378 e. The van der Waals surface area contributed by atoms with Crippen LogP contribution in [0.3, 0.4) is 0 Å². The molecule has 154 valence electrons. The molecule has 1 saturated heterocycles. The number of hydrogen-bond donors (Lipinski definition) is 3. The normalized spacial score (nSPS) is 14.8. The first-order valence-corrected chi connectivity index (χ1v) is 9.87. The maximum Gasteiger partial charge on any atom is 0.246 e. The van der Waals surface area contributed by atoms with Gasteiger partial charge in [0.2, 0.25) is 11.8 Å². The summed E-state index contributed by atoms with van der Waals surface area (Å²) in [7, 11) is 0. The molecule has 0 spiro atoms. The zero-order valence-electron chi connectivity index (χ0n) is 16.5. The third-order valence-corrected chi connectivity index (χ3v) is 4.88. The molecule has 3 N–H and O–H groups in total. The van der Waals surface area contributed by atoms with Gasteiger partial charge in [-0.05, 0) is 49.4 Å². The Balaban J connectivity index is 1.56. The van der Waals surface area contributed by atoms with Crippen LogP contribution >= 0.6 is 11.6 Å². The van der Waals surface area contributed by atoms with Crippen molar-refractivity contribution >= 4 is 46.2 Å². The van der Waals surface area contributed by atoms with Gasteiger partial charge in [-0.3, -0.25) is 9.59 Å². The van der Waals surface area contributed by atoms with E-state index in [-0.39, 0.29) is 11.8 Å². The molecule has 0 bridgehead atoms. The minimum atomic E-state index is -0.475. The van der Waals surface area contributed by atoms with E-state index in [0.29, 0.717) is 16.4 Å². The van der Waals surface area contributed by atoms with Crippen molar-refractivity contribution in [2.24, 2.45) is 0 Å². The zero-order chi connectivity index (χ0) is 20.8. The van der Waals surface area contributed by atoms with Gasteiger partial charge in [-0.25, -0.2) is 0 Å². The Morgan fingerprint density at radius 2 is 1.69 bits per heavy atom. The fraction of sp³-hybridized carbons (Fsp3) is 0.333. The van der Waals surface area contributed by atoms with Crippen LogP contribution in [-0.2, 0) is 14.3 Å². The molecule has 2 aromatic carbocycles. The summed E-state index contributed by atoms with van der Waals surface area (Å²) in [5, 5.41) is 9.07. The van der Waals surface area contributed by atoms with E-state index in [9.17, 15) is 9.59 Å². The zero-order valence-corrected chi connectivity index (χ0v) is 17.3. The van der Waals surface area contributed by atoms with Gasteiger partial charge in [-0.15, -0.1) is 0 Å². The van der Waals surface area contributed by atoms with E-state index in [4.69, 9.17) is 16.3 Å². The van der Waals surface area contributed by atoms with Crippen molar-refractivity contribution in [2.45, 2.75) is 19.9 Å². The molecule has 0 saturated carbocycles. The van der Waals surface area contributed by atoms with Crippen molar-refractivity contribution in [1.29, 1.82) is 0 Å². The molecule has 1 heterocycles. The maximum atomic E-state index is 12.5. The van der Waals surface area contributed by atoms with Crippen molar-refractivity contribution in [3.63, 3.8) is 0 Å². The molecule has 7 nitrogen and oxygen atoms in total. The summed E-state index contributed by atoms with van der Waals surface area (Å²) in [6.07, 6.45) is 0. The van der Waals surface area contributed by atoms with Gasteiger partial charge in [0.25, 0.3) is 0 Å². The summed E-state index contributed by atoms with van der Waals surface area (Å²) in [6, 6.07) is 12.5. The van der Waals surface area contributed by atoms with Gasteiger partial charge < -0.3 is 25.6 Å². The summed E-state index contributed by atoms with van der Waals surface area (Å²) < 4.78 is 5.37. The third kappa shape index (κ3) is 5.85. The monoisotopic (exact) mass is 416 g/mol. The van der Waals surface area contributed by atoms with Gasteiger partial charge in [0.05, 0.1) is 23.9 Å². The fourth-order valence-electron chi connectivity index (χ4n) is 3.04. The first-order valence-electron chi connectivity index (χ1n) is 9.49. The highest BCUT2D eigenvalue weighted by Gasteiger charge is 2.15.